The molecule has 0 amide bonds. The van der Waals surface area contributed by atoms with Crippen molar-refractivity contribution in [2.24, 2.45) is 5.84 Å². The number of halogens is 4. The van der Waals surface area contributed by atoms with E-state index < -0.39 is 46.3 Å². The molecule has 0 unspecified atom stereocenters. The Morgan fingerprint density at radius 3 is 2.00 bits per heavy atom. The largest absolute Gasteiger partial charge is 1.00 e. The number of hydrogen-bond acceptors (Lipinski definition) is 8. The van der Waals surface area contributed by atoms with E-state index in [1.807, 2.05) is 0 Å². The van der Waals surface area contributed by atoms with E-state index in [9.17, 15) is 41.8 Å². The number of esters is 1. The fourth-order valence-corrected chi connectivity index (χ4v) is 2.80. The zero-order chi connectivity index (χ0) is 30.4. The molecule has 0 aliphatic carbocycles. The van der Waals surface area contributed by atoms with Crippen LogP contribution in [0, 0.1) is 23.3 Å². The fourth-order valence-electron chi connectivity index (χ4n) is 2.80. The predicted octanol–water partition coefficient (Wildman–Crippen LogP) is -0.980. The third kappa shape index (κ3) is 13.6. The van der Waals surface area contributed by atoms with Crippen LogP contribution in [-0.4, -0.2) is 33.9 Å². The molecule has 0 saturated carbocycles. The Balaban J connectivity index is 0.000000610. The van der Waals surface area contributed by atoms with Gasteiger partial charge in [0.2, 0.25) is 0 Å². The Morgan fingerprint density at radius 2 is 1.54 bits per heavy atom. The van der Waals surface area contributed by atoms with Gasteiger partial charge in [-0.3, -0.25) is 30.8 Å². The number of nitrogens with two attached hydrogens (primary N) is 1. The van der Waals surface area contributed by atoms with Crippen LogP contribution in [0.25, 0.3) is 0 Å². The average molecular weight is 591 g/mol. The second-order valence-corrected chi connectivity index (χ2v) is 7.84. The number of ketones is 2. The van der Waals surface area contributed by atoms with Gasteiger partial charge in [0.1, 0.15) is 29.0 Å². The molecule has 0 atom stereocenters. The van der Waals surface area contributed by atoms with Crippen LogP contribution < -0.4 is 51.5 Å². The Morgan fingerprint density at radius 1 is 1.00 bits per heavy atom. The van der Waals surface area contributed by atoms with Gasteiger partial charge in [-0.05, 0) is 62.1 Å². The quantitative estimate of drug-likeness (QED) is 0.0442. The monoisotopic (exact) mass is 590 g/mol. The number of benzene rings is 2. The molecule has 0 bridgehead atoms. The molecule has 15 heteroatoms. The molecule has 0 saturated heterocycles. The summed E-state index contributed by atoms with van der Waals surface area (Å²) in [5.41, 5.74) is 2.18. The number of aromatic nitrogens is 2. The first kappa shape index (κ1) is 37.4. The van der Waals surface area contributed by atoms with Crippen molar-refractivity contribution in [1.82, 2.24) is 15.2 Å². The van der Waals surface area contributed by atoms with Crippen molar-refractivity contribution >= 4 is 17.5 Å². The SMILES string of the molecule is CC(=O)c1cc(=O)n(Cc2cc(F)ccc2F)[nH]1.CCOC(=O)/C([O-])=C/C(C)=O.NNCc1cc(F)ccc1F.[Na+]. The molecule has 3 rings (SSSR count). The maximum Gasteiger partial charge on any atom is 1.00 e. The van der Waals surface area contributed by atoms with Crippen LogP contribution in [0.3, 0.4) is 0 Å². The minimum Gasteiger partial charge on any atom is -0.868 e. The van der Waals surface area contributed by atoms with E-state index in [0.717, 1.165) is 47.1 Å². The molecule has 4 N–H and O–H groups in total. The van der Waals surface area contributed by atoms with Gasteiger partial charge in [-0.15, -0.1) is 0 Å². The second-order valence-electron chi connectivity index (χ2n) is 7.84. The topological polar surface area (TPSA) is 159 Å². The van der Waals surface area contributed by atoms with Gasteiger partial charge in [0.25, 0.3) is 5.56 Å². The van der Waals surface area contributed by atoms with Crippen LogP contribution in [0.15, 0.2) is 59.1 Å². The van der Waals surface area contributed by atoms with E-state index in [1.165, 1.54) is 13.8 Å². The molecular weight excluding hydrogens is 563 g/mol. The molecule has 10 nitrogen and oxygen atoms in total. The summed E-state index contributed by atoms with van der Waals surface area (Å²) in [5, 5.41) is 13.1. The number of nitrogens with zero attached hydrogens (tertiary/aromatic N) is 1. The third-order valence-corrected chi connectivity index (χ3v) is 4.62. The third-order valence-electron chi connectivity index (χ3n) is 4.62. The molecule has 216 valence electrons. The number of carbonyl (C=O) groups excluding carboxylic acids is 3. The van der Waals surface area contributed by atoms with Crippen molar-refractivity contribution in [2.45, 2.75) is 33.9 Å². The number of allylic oxidation sites excluding steroid dienone is 1. The summed E-state index contributed by atoms with van der Waals surface area (Å²) in [7, 11) is 0. The number of aromatic amines is 1. The molecule has 2 aromatic carbocycles. The van der Waals surface area contributed by atoms with Gasteiger partial charge in [-0.25, -0.2) is 27.0 Å². The Kier molecular flexibility index (Phi) is 17.1. The summed E-state index contributed by atoms with van der Waals surface area (Å²) in [6.45, 7) is 4.18. The average Bonchev–Trinajstić information content (AvgIpc) is 3.25. The number of H-pyrrole nitrogens is 1. The maximum atomic E-state index is 13.4. The fraction of sp³-hybridized carbons (Fsp3) is 0.231. The number of Topliss-reactive ketones (excluding diaryl/α,β-unsaturated/α-hetero) is 1. The summed E-state index contributed by atoms with van der Waals surface area (Å²) in [5.74, 6) is 0.187. The smallest absolute Gasteiger partial charge is 0.868 e. The van der Waals surface area contributed by atoms with Gasteiger partial charge >= 0.3 is 35.5 Å². The molecule has 0 aliphatic heterocycles. The number of hydrazine groups is 1. The number of carbonyl (C=O) groups is 3. The Hall–Kier alpha value is -3.56. The van der Waals surface area contributed by atoms with Gasteiger partial charge in [-0.2, -0.15) is 0 Å². The number of nitrogens with one attached hydrogen (secondary N) is 2. The van der Waals surface area contributed by atoms with Crippen molar-refractivity contribution in [3.05, 3.63) is 105 Å². The Bertz CT molecular complexity index is 1430. The van der Waals surface area contributed by atoms with Crippen LogP contribution in [0.2, 0.25) is 0 Å². The maximum absolute atomic E-state index is 13.4. The summed E-state index contributed by atoms with van der Waals surface area (Å²) in [6.07, 6.45) is 0.706. The number of hydrogen-bond donors (Lipinski definition) is 3. The van der Waals surface area contributed by atoms with Crippen molar-refractivity contribution in [3.63, 3.8) is 0 Å². The summed E-state index contributed by atoms with van der Waals surface area (Å²) in [6, 6.07) is 7.37. The zero-order valence-corrected chi connectivity index (χ0v) is 24.7. The second kappa shape index (κ2) is 18.7. The molecule has 0 spiro atoms. The standard InChI is InChI=1S/C12H10F2N2O2.C7H8F2N2.C7H10O4.Na/c1-7(17)11-5-12(18)16(15-11)6-8-4-9(13)2-3-10(8)14;8-6-1-2-7(9)5(3-6)4-11-10;1-3-11-7(10)6(9)4-5(2)8;/h2-5,15H,6H2,1H3;1-3,11H,4,10H2;4,9H,3H2,1-2H3;/q;;;+1/p-1/b;;6-4-;. The molecule has 0 fully saturated rings. The van der Waals surface area contributed by atoms with E-state index in [0.29, 0.717) is 6.08 Å². The van der Waals surface area contributed by atoms with Crippen molar-refractivity contribution in [2.75, 3.05) is 6.61 Å². The van der Waals surface area contributed by atoms with Crippen molar-refractivity contribution in [3.8, 4) is 0 Å². The van der Waals surface area contributed by atoms with E-state index in [2.05, 4.69) is 15.3 Å². The van der Waals surface area contributed by atoms with E-state index in [1.54, 1.807) is 6.92 Å². The molecule has 3 aromatic rings. The molecule has 0 aliphatic rings. The van der Waals surface area contributed by atoms with Gasteiger partial charge in [0, 0.05) is 30.7 Å². The first-order valence-corrected chi connectivity index (χ1v) is 11.5. The summed E-state index contributed by atoms with van der Waals surface area (Å²) in [4.78, 5) is 43.4. The molecule has 1 heterocycles. The van der Waals surface area contributed by atoms with Crippen LogP contribution >= 0.6 is 0 Å². The number of ether oxygens (including phenoxy) is 1. The molecule has 1 aromatic heterocycles. The predicted molar refractivity (Wildman–Crippen MR) is 133 cm³/mol. The van der Waals surface area contributed by atoms with Gasteiger partial charge in [-0.1, -0.05) is 0 Å². The summed E-state index contributed by atoms with van der Waals surface area (Å²) >= 11 is 0. The van der Waals surface area contributed by atoms with Crippen LogP contribution in [0.5, 0.6) is 0 Å². The summed E-state index contributed by atoms with van der Waals surface area (Å²) < 4.78 is 56.9. The van der Waals surface area contributed by atoms with Gasteiger partial charge in [0.15, 0.2) is 11.6 Å². The van der Waals surface area contributed by atoms with Crippen molar-refractivity contribution in [1.29, 1.82) is 0 Å². The van der Waals surface area contributed by atoms with E-state index in [-0.39, 0.29) is 71.9 Å². The van der Waals surface area contributed by atoms with Crippen LogP contribution in [0.1, 0.15) is 42.4 Å². The van der Waals surface area contributed by atoms with E-state index in [4.69, 9.17) is 5.84 Å². The van der Waals surface area contributed by atoms with Crippen LogP contribution in [0.4, 0.5) is 17.6 Å². The van der Waals surface area contributed by atoms with E-state index >= 15 is 0 Å². The van der Waals surface area contributed by atoms with Crippen LogP contribution in [-0.2, 0) is 27.4 Å². The first-order valence-electron chi connectivity index (χ1n) is 11.5. The normalized spacial score (nSPS) is 10.3. The number of rotatable bonds is 8. The van der Waals surface area contributed by atoms with Crippen molar-refractivity contribution < 1.29 is 71.3 Å². The zero-order valence-electron chi connectivity index (χ0n) is 22.7. The minimum atomic E-state index is -0.984. The first-order chi connectivity index (χ1) is 18.8. The Labute approximate surface area is 254 Å². The van der Waals surface area contributed by atoms with Gasteiger partial charge < -0.3 is 9.84 Å². The molecular formula is C26H27F4N4NaO6. The molecule has 0 radical (unpaired) electrons. The van der Waals surface area contributed by atoms with Gasteiger partial charge in [0.05, 0.1) is 13.2 Å². The molecule has 41 heavy (non-hydrogen) atoms. The minimum absolute atomic E-state index is 0.